The molecule has 2 aliphatic heterocycles. The zero-order valence-corrected chi connectivity index (χ0v) is 13.4. The summed E-state index contributed by atoms with van der Waals surface area (Å²) in [7, 11) is 1.61. The zero-order chi connectivity index (χ0) is 15.7. The van der Waals surface area contributed by atoms with E-state index in [0.29, 0.717) is 42.6 Å². The quantitative estimate of drug-likeness (QED) is 0.916. The Balaban J connectivity index is 1.84. The van der Waals surface area contributed by atoms with Crippen LogP contribution in [0.5, 0.6) is 5.75 Å². The van der Waals surface area contributed by atoms with E-state index in [-0.39, 0.29) is 17.9 Å². The Labute approximate surface area is 134 Å². The number of hydrogen-bond donors (Lipinski definition) is 1. The third kappa shape index (κ3) is 2.69. The fourth-order valence-electron chi connectivity index (χ4n) is 3.31. The van der Waals surface area contributed by atoms with Crippen LogP contribution in [0.15, 0.2) is 12.1 Å². The Bertz CT molecular complexity index is 592. The number of carbonyl (C=O) groups is 1. The van der Waals surface area contributed by atoms with Gasteiger partial charge in [-0.05, 0) is 24.1 Å². The van der Waals surface area contributed by atoms with Crippen molar-refractivity contribution in [3.63, 3.8) is 0 Å². The lowest BCUT2D eigenvalue weighted by molar-refractivity contribution is 0.0342. The molecule has 1 saturated heterocycles. The summed E-state index contributed by atoms with van der Waals surface area (Å²) in [4.78, 5) is 14.6. The Morgan fingerprint density at radius 3 is 3.09 bits per heavy atom. The van der Waals surface area contributed by atoms with Gasteiger partial charge in [-0.1, -0.05) is 11.6 Å². The SMILES string of the molecule is COCC1(CO)CCN(C(=O)c2cc(Cl)cc3c2OCC3)C1. The molecule has 0 spiro atoms. The molecule has 0 saturated carbocycles. The molecule has 1 aromatic rings. The van der Waals surface area contributed by atoms with E-state index in [4.69, 9.17) is 21.1 Å². The second-order valence-electron chi connectivity index (χ2n) is 6.11. The minimum atomic E-state index is -0.368. The van der Waals surface area contributed by atoms with Crippen LogP contribution >= 0.6 is 11.6 Å². The molecule has 120 valence electrons. The van der Waals surface area contributed by atoms with Gasteiger partial charge in [0, 0.05) is 37.1 Å². The van der Waals surface area contributed by atoms with Crippen LogP contribution in [-0.2, 0) is 11.2 Å². The highest BCUT2D eigenvalue weighted by Gasteiger charge is 2.40. The second-order valence-corrected chi connectivity index (χ2v) is 6.54. The van der Waals surface area contributed by atoms with Crippen LogP contribution in [0.3, 0.4) is 0 Å². The first-order chi connectivity index (χ1) is 10.6. The van der Waals surface area contributed by atoms with E-state index in [2.05, 4.69) is 0 Å². The van der Waals surface area contributed by atoms with Crippen LogP contribution in [-0.4, -0.2) is 55.9 Å². The number of aliphatic hydroxyl groups is 1. The van der Waals surface area contributed by atoms with Crippen molar-refractivity contribution in [3.8, 4) is 5.75 Å². The maximum atomic E-state index is 12.8. The summed E-state index contributed by atoms with van der Waals surface area (Å²) in [5, 5.41) is 10.2. The highest BCUT2D eigenvalue weighted by Crippen LogP contribution is 2.36. The molecule has 1 N–H and O–H groups in total. The summed E-state index contributed by atoms with van der Waals surface area (Å²) in [6, 6.07) is 3.52. The second kappa shape index (κ2) is 6.07. The molecule has 0 radical (unpaired) electrons. The number of hydrogen-bond acceptors (Lipinski definition) is 4. The van der Waals surface area contributed by atoms with Gasteiger partial charge in [0.05, 0.1) is 25.4 Å². The van der Waals surface area contributed by atoms with Gasteiger partial charge >= 0.3 is 0 Å². The average molecular weight is 326 g/mol. The van der Waals surface area contributed by atoms with Crippen molar-refractivity contribution in [3.05, 3.63) is 28.3 Å². The molecule has 2 aliphatic rings. The van der Waals surface area contributed by atoms with Crippen LogP contribution in [0, 0.1) is 5.41 Å². The minimum Gasteiger partial charge on any atom is -0.492 e. The smallest absolute Gasteiger partial charge is 0.257 e. The van der Waals surface area contributed by atoms with E-state index in [1.165, 1.54) is 0 Å². The van der Waals surface area contributed by atoms with E-state index < -0.39 is 0 Å². The van der Waals surface area contributed by atoms with E-state index in [1.54, 1.807) is 18.1 Å². The first kappa shape index (κ1) is 15.6. The van der Waals surface area contributed by atoms with E-state index in [0.717, 1.165) is 18.4 Å². The number of halogens is 1. The van der Waals surface area contributed by atoms with Crippen molar-refractivity contribution in [1.82, 2.24) is 4.90 Å². The Morgan fingerprint density at radius 2 is 2.36 bits per heavy atom. The summed E-state index contributed by atoms with van der Waals surface area (Å²) in [6.45, 7) is 2.12. The zero-order valence-electron chi connectivity index (χ0n) is 12.6. The van der Waals surface area contributed by atoms with Crippen LogP contribution < -0.4 is 4.74 Å². The van der Waals surface area contributed by atoms with Crippen molar-refractivity contribution in [2.75, 3.05) is 40.0 Å². The van der Waals surface area contributed by atoms with Crippen LogP contribution in [0.25, 0.3) is 0 Å². The van der Waals surface area contributed by atoms with Crippen molar-refractivity contribution in [1.29, 1.82) is 0 Å². The van der Waals surface area contributed by atoms with Crippen LogP contribution in [0.2, 0.25) is 5.02 Å². The molecule has 1 atom stereocenters. The molecule has 6 heteroatoms. The number of nitrogens with zero attached hydrogens (tertiary/aromatic N) is 1. The number of aliphatic hydroxyl groups excluding tert-OH is 1. The van der Waals surface area contributed by atoms with E-state index >= 15 is 0 Å². The standard InChI is InChI=1S/C16H20ClNO4/c1-21-10-16(9-19)3-4-18(8-16)15(20)13-7-12(17)6-11-2-5-22-14(11)13/h6-7,19H,2-5,8-10H2,1H3. The van der Waals surface area contributed by atoms with Gasteiger partial charge in [-0.3, -0.25) is 4.79 Å². The van der Waals surface area contributed by atoms with Gasteiger partial charge in [-0.2, -0.15) is 0 Å². The van der Waals surface area contributed by atoms with Crippen LogP contribution in [0.1, 0.15) is 22.3 Å². The number of ether oxygens (including phenoxy) is 2. The number of carbonyl (C=O) groups excluding carboxylic acids is 1. The average Bonchev–Trinajstić information content (AvgIpc) is 3.13. The summed E-state index contributed by atoms with van der Waals surface area (Å²) in [6.07, 6.45) is 1.51. The maximum Gasteiger partial charge on any atom is 0.257 e. The highest BCUT2D eigenvalue weighted by molar-refractivity contribution is 6.31. The van der Waals surface area contributed by atoms with E-state index in [1.807, 2.05) is 6.07 Å². The van der Waals surface area contributed by atoms with Gasteiger partial charge in [0.25, 0.3) is 5.91 Å². The largest absolute Gasteiger partial charge is 0.492 e. The third-order valence-electron chi connectivity index (χ3n) is 4.49. The van der Waals surface area contributed by atoms with Crippen molar-refractivity contribution >= 4 is 17.5 Å². The fourth-order valence-corrected chi connectivity index (χ4v) is 3.55. The van der Waals surface area contributed by atoms with Crippen LogP contribution in [0.4, 0.5) is 0 Å². The molecule has 1 aromatic carbocycles. The number of benzene rings is 1. The van der Waals surface area contributed by atoms with Gasteiger partial charge < -0.3 is 19.5 Å². The summed E-state index contributed by atoms with van der Waals surface area (Å²) >= 11 is 6.13. The van der Waals surface area contributed by atoms with Crippen molar-refractivity contribution in [2.45, 2.75) is 12.8 Å². The Kier molecular flexibility index (Phi) is 4.30. The predicted molar refractivity (Wildman–Crippen MR) is 82.6 cm³/mol. The highest BCUT2D eigenvalue weighted by atomic mass is 35.5. The minimum absolute atomic E-state index is 0.00870. The number of fused-ring (bicyclic) bond motifs is 1. The number of rotatable bonds is 4. The molecule has 1 unspecified atom stereocenters. The molecular weight excluding hydrogens is 306 g/mol. The van der Waals surface area contributed by atoms with Gasteiger partial charge in [0.15, 0.2) is 0 Å². The fraction of sp³-hybridized carbons (Fsp3) is 0.562. The number of likely N-dealkylation sites (tertiary alicyclic amines) is 1. The monoisotopic (exact) mass is 325 g/mol. The maximum absolute atomic E-state index is 12.8. The molecule has 0 bridgehead atoms. The summed E-state index contributed by atoms with van der Waals surface area (Å²) in [5.41, 5.74) is 1.14. The van der Waals surface area contributed by atoms with E-state index in [9.17, 15) is 9.90 Å². The summed E-state index contributed by atoms with van der Waals surface area (Å²) in [5.74, 6) is 0.565. The Morgan fingerprint density at radius 1 is 1.55 bits per heavy atom. The third-order valence-corrected chi connectivity index (χ3v) is 4.71. The lowest BCUT2D eigenvalue weighted by Crippen LogP contribution is -2.37. The topological polar surface area (TPSA) is 59.0 Å². The first-order valence-corrected chi connectivity index (χ1v) is 7.81. The molecule has 1 amide bonds. The molecule has 0 aromatic heterocycles. The molecule has 22 heavy (non-hydrogen) atoms. The van der Waals surface area contributed by atoms with Gasteiger partial charge in [0.2, 0.25) is 0 Å². The van der Waals surface area contributed by atoms with Crippen molar-refractivity contribution in [2.24, 2.45) is 5.41 Å². The molecule has 0 aliphatic carbocycles. The molecular formula is C16H20ClNO4. The number of amides is 1. The Hall–Kier alpha value is -1.30. The van der Waals surface area contributed by atoms with Gasteiger partial charge in [-0.25, -0.2) is 0 Å². The molecule has 2 heterocycles. The van der Waals surface area contributed by atoms with Crippen molar-refractivity contribution < 1.29 is 19.4 Å². The lowest BCUT2D eigenvalue weighted by Gasteiger charge is -2.26. The molecule has 1 fully saturated rings. The van der Waals surface area contributed by atoms with Gasteiger partial charge in [-0.15, -0.1) is 0 Å². The summed E-state index contributed by atoms with van der Waals surface area (Å²) < 4.78 is 10.8. The van der Waals surface area contributed by atoms with Gasteiger partial charge in [0.1, 0.15) is 5.75 Å². The molecule has 3 rings (SSSR count). The molecule has 5 nitrogen and oxygen atoms in total. The predicted octanol–water partition coefficient (Wildman–Crippen LogP) is 1.75. The number of methoxy groups -OCH3 is 1. The first-order valence-electron chi connectivity index (χ1n) is 7.43. The normalized spacial score (nSPS) is 23.5. The lowest BCUT2D eigenvalue weighted by atomic mass is 9.89.